The lowest BCUT2D eigenvalue weighted by Gasteiger charge is -2.18. The van der Waals surface area contributed by atoms with Gasteiger partial charge in [0.2, 0.25) is 5.91 Å². The summed E-state index contributed by atoms with van der Waals surface area (Å²) in [5.74, 6) is 0.193. The number of carbonyl (C=O) groups excluding carboxylic acids is 2. The van der Waals surface area contributed by atoms with Gasteiger partial charge in [0.25, 0.3) is 0 Å². The second-order valence-corrected chi connectivity index (χ2v) is 5.41. The Labute approximate surface area is 112 Å². The third-order valence-electron chi connectivity index (χ3n) is 3.75. The molecule has 0 spiro atoms. The molecule has 0 aromatic heterocycles. The first kappa shape index (κ1) is 12.2. The quantitative estimate of drug-likeness (QED) is 0.833. The van der Waals surface area contributed by atoms with Gasteiger partial charge in [-0.1, -0.05) is 0 Å². The number of nitrogens with one attached hydrogen (secondary N) is 1. The summed E-state index contributed by atoms with van der Waals surface area (Å²) in [6.07, 6.45) is 3.14. The minimum Gasteiger partial charge on any atom is -0.362 e. The molecule has 1 aromatic carbocycles. The molecule has 0 atom stereocenters. The van der Waals surface area contributed by atoms with Crippen molar-refractivity contribution >= 4 is 17.4 Å². The van der Waals surface area contributed by atoms with Gasteiger partial charge in [0, 0.05) is 23.8 Å². The molecule has 1 amide bonds. The minimum atomic E-state index is 0.0905. The van der Waals surface area contributed by atoms with Gasteiger partial charge in [0.05, 0.1) is 6.54 Å². The molecule has 3 rings (SSSR count). The summed E-state index contributed by atoms with van der Waals surface area (Å²) in [5, 5.41) is 3.01. The molecule has 4 nitrogen and oxygen atoms in total. The fourth-order valence-electron chi connectivity index (χ4n) is 2.53. The molecule has 1 fully saturated rings. The summed E-state index contributed by atoms with van der Waals surface area (Å²) in [5.41, 5.74) is 3.02. The monoisotopic (exact) mass is 258 g/mol. The number of benzene rings is 1. The van der Waals surface area contributed by atoms with Crippen LogP contribution in [0.1, 0.15) is 35.7 Å². The highest BCUT2D eigenvalue weighted by Crippen LogP contribution is 2.29. The molecule has 4 heteroatoms. The summed E-state index contributed by atoms with van der Waals surface area (Å²) in [4.78, 5) is 25.3. The maximum atomic E-state index is 11.8. The Kier molecular flexibility index (Phi) is 3.01. The maximum absolute atomic E-state index is 11.8. The lowest BCUT2D eigenvalue weighted by Crippen LogP contribution is -2.37. The lowest BCUT2D eigenvalue weighted by atomic mass is 10.1. The fraction of sp³-hybridized carbons (Fsp3) is 0.467. The first-order chi connectivity index (χ1) is 9.13. The highest BCUT2D eigenvalue weighted by molar-refractivity contribution is 5.95. The molecule has 0 saturated heterocycles. The number of ketones is 1. The summed E-state index contributed by atoms with van der Waals surface area (Å²) in [7, 11) is 0. The zero-order valence-corrected chi connectivity index (χ0v) is 11.1. The number of hydrogen-bond donors (Lipinski definition) is 1. The molecule has 0 unspecified atom stereocenters. The van der Waals surface area contributed by atoms with Crippen LogP contribution >= 0.6 is 0 Å². The smallest absolute Gasteiger partial charge is 0.239 e. The average molecular weight is 258 g/mol. The second kappa shape index (κ2) is 4.68. The highest BCUT2D eigenvalue weighted by Gasteiger charge is 2.26. The van der Waals surface area contributed by atoms with Crippen LogP contribution in [0.3, 0.4) is 0 Å². The number of hydrogen-bond acceptors (Lipinski definition) is 3. The van der Waals surface area contributed by atoms with E-state index in [4.69, 9.17) is 0 Å². The van der Waals surface area contributed by atoms with Crippen molar-refractivity contribution in [1.82, 2.24) is 5.32 Å². The number of fused-ring (bicyclic) bond motifs is 1. The van der Waals surface area contributed by atoms with Gasteiger partial charge in [-0.3, -0.25) is 9.59 Å². The van der Waals surface area contributed by atoms with Gasteiger partial charge < -0.3 is 10.2 Å². The molecule has 1 N–H and O–H groups in total. The predicted molar refractivity (Wildman–Crippen MR) is 73.5 cm³/mol. The van der Waals surface area contributed by atoms with E-state index in [1.54, 1.807) is 6.92 Å². The van der Waals surface area contributed by atoms with Crippen LogP contribution in [0, 0.1) is 0 Å². The Bertz CT molecular complexity index is 535. The van der Waals surface area contributed by atoms with Gasteiger partial charge in [-0.15, -0.1) is 0 Å². The number of Topliss-reactive ketones (excluding diaryl/α,β-unsaturated/α-hetero) is 1. The largest absolute Gasteiger partial charge is 0.362 e. The summed E-state index contributed by atoms with van der Waals surface area (Å²) in [6.45, 7) is 2.86. The predicted octanol–water partition coefficient (Wildman–Crippen LogP) is 1.53. The topological polar surface area (TPSA) is 49.4 Å². The highest BCUT2D eigenvalue weighted by atomic mass is 16.2. The molecule has 1 aliphatic heterocycles. The molecule has 0 radical (unpaired) electrons. The Morgan fingerprint density at radius 2 is 2.16 bits per heavy atom. The molecule has 0 bridgehead atoms. The standard InChI is InChI=1S/C15H18N2O2/c1-10(18)11-2-5-14-12(8-11)6-7-17(14)9-15(19)16-13-3-4-13/h2,5,8,13H,3-4,6-7,9H2,1H3,(H,16,19). The van der Waals surface area contributed by atoms with Crippen molar-refractivity contribution < 1.29 is 9.59 Å². The van der Waals surface area contributed by atoms with Gasteiger partial charge >= 0.3 is 0 Å². The Morgan fingerprint density at radius 1 is 1.37 bits per heavy atom. The van der Waals surface area contributed by atoms with E-state index in [-0.39, 0.29) is 11.7 Å². The molecular weight excluding hydrogens is 240 g/mol. The van der Waals surface area contributed by atoms with Crippen molar-refractivity contribution in [2.75, 3.05) is 18.0 Å². The van der Waals surface area contributed by atoms with Crippen LogP contribution in [0.25, 0.3) is 0 Å². The van der Waals surface area contributed by atoms with Gasteiger partial charge in [-0.2, -0.15) is 0 Å². The van der Waals surface area contributed by atoms with E-state index in [2.05, 4.69) is 10.2 Å². The van der Waals surface area contributed by atoms with Crippen LogP contribution < -0.4 is 10.2 Å². The zero-order chi connectivity index (χ0) is 13.4. The molecule has 100 valence electrons. The fourth-order valence-corrected chi connectivity index (χ4v) is 2.53. The molecular formula is C15H18N2O2. The Balaban J connectivity index is 1.70. The first-order valence-corrected chi connectivity index (χ1v) is 6.81. The number of amides is 1. The molecule has 19 heavy (non-hydrogen) atoms. The second-order valence-electron chi connectivity index (χ2n) is 5.41. The number of rotatable bonds is 4. The van der Waals surface area contributed by atoms with Crippen LogP contribution in [0.2, 0.25) is 0 Å². The average Bonchev–Trinajstić information content (AvgIpc) is 3.09. The normalized spacial score (nSPS) is 17.2. The molecule has 1 aromatic rings. The van der Waals surface area contributed by atoms with E-state index in [0.717, 1.165) is 37.1 Å². The SMILES string of the molecule is CC(=O)c1ccc2c(c1)CCN2CC(=O)NC1CC1. The third kappa shape index (κ3) is 2.62. The third-order valence-corrected chi connectivity index (χ3v) is 3.75. The van der Waals surface area contributed by atoms with Crippen LogP contribution in [0.4, 0.5) is 5.69 Å². The maximum Gasteiger partial charge on any atom is 0.239 e. The van der Waals surface area contributed by atoms with E-state index in [1.165, 1.54) is 5.56 Å². The Hall–Kier alpha value is -1.84. The number of nitrogens with zero attached hydrogens (tertiary/aromatic N) is 1. The van der Waals surface area contributed by atoms with E-state index >= 15 is 0 Å². The van der Waals surface area contributed by atoms with Crippen LogP contribution in [-0.2, 0) is 11.2 Å². The van der Waals surface area contributed by atoms with Gasteiger partial charge in [0.15, 0.2) is 5.78 Å². The van der Waals surface area contributed by atoms with Gasteiger partial charge in [0.1, 0.15) is 0 Å². The summed E-state index contributed by atoms with van der Waals surface area (Å²) in [6, 6.07) is 6.17. The van der Waals surface area contributed by atoms with Crippen molar-refractivity contribution in [2.24, 2.45) is 0 Å². The van der Waals surface area contributed by atoms with Crippen molar-refractivity contribution in [3.05, 3.63) is 29.3 Å². The molecule has 1 heterocycles. The van der Waals surface area contributed by atoms with Gasteiger partial charge in [-0.05, 0) is 49.9 Å². The molecule has 1 aliphatic carbocycles. The summed E-state index contributed by atoms with van der Waals surface area (Å²) < 4.78 is 0. The summed E-state index contributed by atoms with van der Waals surface area (Å²) >= 11 is 0. The van der Waals surface area contributed by atoms with Crippen LogP contribution in [0.5, 0.6) is 0 Å². The van der Waals surface area contributed by atoms with E-state index in [0.29, 0.717) is 12.6 Å². The number of anilines is 1. The minimum absolute atomic E-state index is 0.0905. The van der Waals surface area contributed by atoms with Crippen LogP contribution in [-0.4, -0.2) is 30.8 Å². The molecule has 1 saturated carbocycles. The van der Waals surface area contributed by atoms with E-state index < -0.39 is 0 Å². The number of carbonyl (C=O) groups is 2. The lowest BCUT2D eigenvalue weighted by molar-refractivity contribution is -0.119. The Morgan fingerprint density at radius 3 is 2.84 bits per heavy atom. The zero-order valence-electron chi connectivity index (χ0n) is 11.1. The van der Waals surface area contributed by atoms with E-state index in [9.17, 15) is 9.59 Å². The van der Waals surface area contributed by atoms with Gasteiger partial charge in [-0.25, -0.2) is 0 Å². The van der Waals surface area contributed by atoms with Crippen LogP contribution in [0.15, 0.2) is 18.2 Å². The van der Waals surface area contributed by atoms with E-state index in [1.807, 2.05) is 18.2 Å². The first-order valence-electron chi connectivity index (χ1n) is 6.81. The van der Waals surface area contributed by atoms with Crippen molar-refractivity contribution in [1.29, 1.82) is 0 Å². The van der Waals surface area contributed by atoms with Crippen molar-refractivity contribution in [3.63, 3.8) is 0 Å². The van der Waals surface area contributed by atoms with Crippen molar-refractivity contribution in [2.45, 2.75) is 32.2 Å². The van der Waals surface area contributed by atoms with Crippen molar-refractivity contribution in [3.8, 4) is 0 Å². The molecule has 2 aliphatic rings.